The summed E-state index contributed by atoms with van der Waals surface area (Å²) in [6.07, 6.45) is 6.17. The number of amides is 1. The zero-order valence-corrected chi connectivity index (χ0v) is 12.9. The van der Waals surface area contributed by atoms with E-state index < -0.39 is 11.9 Å². The molecule has 2 unspecified atom stereocenters. The van der Waals surface area contributed by atoms with Crippen LogP contribution in [-0.4, -0.2) is 29.3 Å². The van der Waals surface area contributed by atoms with Crippen molar-refractivity contribution in [3.05, 3.63) is 23.7 Å². The maximum absolute atomic E-state index is 12.2. The quantitative estimate of drug-likeness (QED) is 0.817. The lowest BCUT2D eigenvalue weighted by atomic mass is 9.95. The first kappa shape index (κ1) is 15.9. The van der Waals surface area contributed by atoms with Crippen molar-refractivity contribution < 1.29 is 19.1 Å². The Balaban J connectivity index is 2.03. The van der Waals surface area contributed by atoms with Gasteiger partial charge in [0.25, 0.3) is 5.91 Å². The van der Waals surface area contributed by atoms with Crippen LogP contribution in [0.5, 0.6) is 0 Å². The maximum Gasteiger partial charge on any atom is 0.308 e. The number of hydrogen-bond donors (Lipinski definition) is 2. The number of rotatable bonds is 5. The SMILES string of the molecule is CSCc1ccc(C(=O)NC2CCCCCC2C(=O)O)o1. The van der Waals surface area contributed by atoms with E-state index in [-0.39, 0.29) is 17.7 Å². The molecule has 2 N–H and O–H groups in total. The highest BCUT2D eigenvalue weighted by Crippen LogP contribution is 2.24. The number of aliphatic carboxylic acids is 1. The summed E-state index contributed by atoms with van der Waals surface area (Å²) in [5.41, 5.74) is 0. The average molecular weight is 311 g/mol. The van der Waals surface area contributed by atoms with Gasteiger partial charge in [0.15, 0.2) is 5.76 Å². The normalized spacial score (nSPS) is 22.5. The van der Waals surface area contributed by atoms with Gasteiger partial charge >= 0.3 is 5.97 Å². The third-order valence-corrected chi connectivity index (χ3v) is 4.39. The number of furan rings is 1. The maximum atomic E-state index is 12.2. The minimum Gasteiger partial charge on any atom is -0.481 e. The van der Waals surface area contributed by atoms with Crippen LogP contribution in [0, 0.1) is 5.92 Å². The number of carboxylic acids is 1. The van der Waals surface area contributed by atoms with E-state index in [0.717, 1.165) is 25.0 Å². The number of carbonyl (C=O) groups is 2. The van der Waals surface area contributed by atoms with Crippen LogP contribution in [0.25, 0.3) is 0 Å². The minimum absolute atomic E-state index is 0.257. The second-order valence-electron chi connectivity index (χ2n) is 5.36. The molecule has 2 rings (SSSR count). The highest BCUT2D eigenvalue weighted by atomic mass is 32.2. The van der Waals surface area contributed by atoms with Crippen molar-refractivity contribution in [3.8, 4) is 0 Å². The molecule has 116 valence electrons. The van der Waals surface area contributed by atoms with Crippen LogP contribution in [0.2, 0.25) is 0 Å². The molecule has 21 heavy (non-hydrogen) atoms. The summed E-state index contributed by atoms with van der Waals surface area (Å²) >= 11 is 1.62. The molecule has 0 aliphatic heterocycles. The topological polar surface area (TPSA) is 79.5 Å². The third-order valence-electron chi connectivity index (χ3n) is 3.82. The Hall–Kier alpha value is -1.43. The monoisotopic (exact) mass is 311 g/mol. The first-order valence-electron chi connectivity index (χ1n) is 7.23. The van der Waals surface area contributed by atoms with Gasteiger partial charge in [-0.1, -0.05) is 19.3 Å². The van der Waals surface area contributed by atoms with E-state index in [1.54, 1.807) is 23.9 Å². The van der Waals surface area contributed by atoms with Crippen LogP contribution in [0.4, 0.5) is 0 Å². The highest BCUT2D eigenvalue weighted by Gasteiger charge is 2.31. The lowest BCUT2D eigenvalue weighted by molar-refractivity contribution is -0.142. The van der Waals surface area contributed by atoms with E-state index in [4.69, 9.17) is 4.42 Å². The smallest absolute Gasteiger partial charge is 0.308 e. The van der Waals surface area contributed by atoms with Gasteiger partial charge in [-0.05, 0) is 31.2 Å². The van der Waals surface area contributed by atoms with Crippen molar-refractivity contribution in [2.45, 2.75) is 43.9 Å². The molecule has 5 nitrogen and oxygen atoms in total. The van der Waals surface area contributed by atoms with Crippen molar-refractivity contribution in [1.29, 1.82) is 0 Å². The molecule has 1 heterocycles. The Labute approximate surface area is 128 Å². The summed E-state index contributed by atoms with van der Waals surface area (Å²) in [5.74, 6) is 0.0760. The van der Waals surface area contributed by atoms with Gasteiger partial charge in [0, 0.05) is 6.04 Å². The van der Waals surface area contributed by atoms with E-state index in [9.17, 15) is 14.7 Å². The second kappa shape index (κ2) is 7.54. The van der Waals surface area contributed by atoms with Crippen molar-refractivity contribution in [3.63, 3.8) is 0 Å². The fraction of sp³-hybridized carbons (Fsp3) is 0.600. The predicted molar refractivity (Wildman–Crippen MR) is 81.4 cm³/mol. The Morgan fingerprint density at radius 1 is 1.33 bits per heavy atom. The molecule has 1 aromatic heterocycles. The van der Waals surface area contributed by atoms with Crippen LogP contribution in [-0.2, 0) is 10.5 Å². The summed E-state index contributed by atoms with van der Waals surface area (Å²) in [7, 11) is 0. The van der Waals surface area contributed by atoms with Gasteiger partial charge in [-0.25, -0.2) is 0 Å². The van der Waals surface area contributed by atoms with E-state index in [1.807, 2.05) is 6.26 Å². The summed E-state index contributed by atoms with van der Waals surface area (Å²) in [5, 5.41) is 12.2. The number of hydrogen-bond acceptors (Lipinski definition) is 4. The zero-order valence-electron chi connectivity index (χ0n) is 12.1. The molecular weight excluding hydrogens is 290 g/mol. The first-order chi connectivity index (χ1) is 10.1. The predicted octanol–water partition coefficient (Wildman–Crippen LogP) is 2.91. The van der Waals surface area contributed by atoms with E-state index >= 15 is 0 Å². The number of carbonyl (C=O) groups excluding carboxylic acids is 1. The van der Waals surface area contributed by atoms with Crippen molar-refractivity contribution in [2.75, 3.05) is 6.26 Å². The van der Waals surface area contributed by atoms with Gasteiger partial charge in [-0.15, -0.1) is 0 Å². The summed E-state index contributed by atoms with van der Waals surface area (Å²) in [4.78, 5) is 23.6. The van der Waals surface area contributed by atoms with E-state index in [1.165, 1.54) is 0 Å². The van der Waals surface area contributed by atoms with Gasteiger partial charge in [-0.3, -0.25) is 9.59 Å². The van der Waals surface area contributed by atoms with Crippen molar-refractivity contribution in [2.24, 2.45) is 5.92 Å². The molecule has 2 atom stereocenters. The largest absolute Gasteiger partial charge is 0.481 e. The molecule has 0 bridgehead atoms. The summed E-state index contributed by atoms with van der Waals surface area (Å²) in [6.45, 7) is 0. The van der Waals surface area contributed by atoms with Gasteiger partial charge in [-0.2, -0.15) is 11.8 Å². The lowest BCUT2D eigenvalue weighted by Gasteiger charge is -2.22. The Bertz CT molecular complexity index is 500. The first-order valence-corrected chi connectivity index (χ1v) is 8.62. The molecule has 0 radical (unpaired) electrons. The van der Waals surface area contributed by atoms with Crippen molar-refractivity contribution >= 4 is 23.6 Å². The molecule has 0 aromatic carbocycles. The van der Waals surface area contributed by atoms with Crippen molar-refractivity contribution in [1.82, 2.24) is 5.32 Å². The van der Waals surface area contributed by atoms with Gasteiger partial charge in [0.2, 0.25) is 0 Å². The summed E-state index contributed by atoms with van der Waals surface area (Å²) < 4.78 is 5.47. The Morgan fingerprint density at radius 3 is 2.81 bits per heavy atom. The Morgan fingerprint density at radius 2 is 2.10 bits per heavy atom. The molecular formula is C15H21NO4S. The minimum atomic E-state index is -0.829. The third kappa shape index (κ3) is 4.27. The molecule has 0 saturated heterocycles. The van der Waals surface area contributed by atoms with E-state index in [0.29, 0.717) is 18.6 Å². The van der Waals surface area contributed by atoms with Crippen LogP contribution < -0.4 is 5.32 Å². The standard InChI is InChI=1S/C15H21NO4S/c1-21-9-10-7-8-13(20-10)14(17)16-12-6-4-2-3-5-11(12)15(18)19/h7-8,11-12H,2-6,9H2,1H3,(H,16,17)(H,18,19). The lowest BCUT2D eigenvalue weighted by Crippen LogP contribution is -2.42. The van der Waals surface area contributed by atoms with Crippen LogP contribution in [0.3, 0.4) is 0 Å². The molecule has 1 aromatic rings. The summed E-state index contributed by atoms with van der Waals surface area (Å²) in [6, 6.07) is 3.12. The molecule has 1 fully saturated rings. The Kier molecular flexibility index (Phi) is 5.73. The van der Waals surface area contributed by atoms with Gasteiger partial charge < -0.3 is 14.8 Å². The second-order valence-corrected chi connectivity index (χ2v) is 6.23. The van der Waals surface area contributed by atoms with Crippen LogP contribution >= 0.6 is 11.8 Å². The molecule has 1 aliphatic carbocycles. The van der Waals surface area contributed by atoms with Gasteiger partial charge in [0.1, 0.15) is 5.76 Å². The molecule has 6 heteroatoms. The number of carboxylic acid groups (broad SMARTS) is 1. The molecule has 1 saturated carbocycles. The highest BCUT2D eigenvalue weighted by molar-refractivity contribution is 7.97. The van der Waals surface area contributed by atoms with Gasteiger partial charge in [0.05, 0.1) is 11.7 Å². The van der Waals surface area contributed by atoms with E-state index in [2.05, 4.69) is 5.32 Å². The molecule has 1 aliphatic rings. The van der Waals surface area contributed by atoms with Crippen LogP contribution in [0.15, 0.2) is 16.5 Å². The van der Waals surface area contributed by atoms with Crippen LogP contribution in [0.1, 0.15) is 48.4 Å². The number of nitrogens with one attached hydrogen (secondary N) is 1. The fourth-order valence-electron chi connectivity index (χ4n) is 2.74. The fourth-order valence-corrected chi connectivity index (χ4v) is 3.17. The molecule has 0 spiro atoms. The zero-order chi connectivity index (χ0) is 15.2. The molecule has 1 amide bonds. The number of thioether (sulfide) groups is 1. The average Bonchev–Trinajstić information content (AvgIpc) is 2.78.